The molecule has 78 valence electrons. The smallest absolute Gasteiger partial charge is 0.264 e. The minimum absolute atomic E-state index is 0.475. The van der Waals surface area contributed by atoms with Crippen molar-refractivity contribution in [3.63, 3.8) is 0 Å². The maximum Gasteiger partial charge on any atom is 0.350 e. The monoisotopic (exact) mass is 225 g/mol. The molecule has 0 aliphatic heterocycles. The van der Waals surface area contributed by atoms with Crippen LogP contribution in [-0.4, -0.2) is 23.6 Å². The van der Waals surface area contributed by atoms with Crippen LogP contribution in [0.3, 0.4) is 0 Å². The first-order valence-corrected chi connectivity index (χ1v) is 5.47. The van der Waals surface area contributed by atoms with Crippen molar-refractivity contribution in [3.8, 4) is 0 Å². The molecule has 1 aromatic heterocycles. The Kier molecular flexibility index (Phi) is 2.16. The number of hydrogen-bond acceptors (Lipinski definition) is 5. The zero-order valence-corrected chi connectivity index (χ0v) is 8.38. The molecule has 0 saturated carbocycles. The molecule has 7 heteroatoms. The highest BCUT2D eigenvalue weighted by molar-refractivity contribution is 7.89. The summed E-state index contributed by atoms with van der Waals surface area (Å²) in [5.41, 5.74) is 1.03. The number of hydrogen-bond donors (Lipinski definition) is 0. The zero-order valence-electron chi connectivity index (χ0n) is 7.57. The van der Waals surface area contributed by atoms with Gasteiger partial charge in [0.15, 0.2) is 0 Å². The standard InChI is InChI=1S/C8H7N3O3S/c1-2-15(12,13)14-11-8-6-4-3-5-7(8)9-10-11/h2-6H,1H2. The first-order valence-electron chi connectivity index (χ1n) is 4.00. The van der Waals surface area contributed by atoms with Gasteiger partial charge in [0, 0.05) is 0 Å². The summed E-state index contributed by atoms with van der Waals surface area (Å²) in [7, 11) is -3.81. The minimum atomic E-state index is -3.81. The summed E-state index contributed by atoms with van der Waals surface area (Å²) in [6.45, 7) is 3.12. The average Bonchev–Trinajstić information content (AvgIpc) is 2.62. The number of aromatic nitrogens is 3. The van der Waals surface area contributed by atoms with E-state index in [1.54, 1.807) is 24.3 Å². The van der Waals surface area contributed by atoms with E-state index < -0.39 is 10.1 Å². The molecule has 0 N–H and O–H groups in total. The first-order chi connectivity index (χ1) is 7.12. The van der Waals surface area contributed by atoms with Crippen LogP contribution in [0.2, 0.25) is 0 Å². The molecule has 2 aromatic rings. The fourth-order valence-corrected chi connectivity index (χ4v) is 1.40. The van der Waals surface area contributed by atoms with Gasteiger partial charge in [0.1, 0.15) is 11.0 Å². The van der Waals surface area contributed by atoms with Gasteiger partial charge in [-0.2, -0.15) is 8.42 Å². The Labute approximate surface area is 85.9 Å². The maximum absolute atomic E-state index is 11.1. The van der Waals surface area contributed by atoms with Crippen molar-refractivity contribution < 1.29 is 12.7 Å². The lowest BCUT2D eigenvalue weighted by atomic mass is 10.3. The molecule has 1 heterocycles. The maximum atomic E-state index is 11.1. The van der Waals surface area contributed by atoms with E-state index in [9.17, 15) is 8.42 Å². The fraction of sp³-hybridized carbons (Fsp3) is 0. The molecule has 0 amide bonds. The van der Waals surface area contributed by atoms with E-state index in [4.69, 9.17) is 0 Å². The fourth-order valence-electron chi connectivity index (χ4n) is 1.03. The minimum Gasteiger partial charge on any atom is -0.264 e. The summed E-state index contributed by atoms with van der Waals surface area (Å²) in [6.07, 6.45) is 0. The number of benzene rings is 1. The summed E-state index contributed by atoms with van der Waals surface area (Å²) in [6, 6.07) is 6.84. The number of rotatable bonds is 3. The van der Waals surface area contributed by atoms with Crippen LogP contribution in [0, 0.1) is 0 Å². The quantitative estimate of drug-likeness (QED) is 0.752. The van der Waals surface area contributed by atoms with E-state index in [1.165, 1.54) is 0 Å². The molecule has 1 aromatic carbocycles. The average molecular weight is 225 g/mol. The predicted molar refractivity (Wildman–Crippen MR) is 53.2 cm³/mol. The highest BCUT2D eigenvalue weighted by Crippen LogP contribution is 2.08. The van der Waals surface area contributed by atoms with Crippen molar-refractivity contribution in [2.75, 3.05) is 0 Å². The van der Waals surface area contributed by atoms with Crippen LogP contribution in [0.1, 0.15) is 0 Å². The highest BCUT2D eigenvalue weighted by atomic mass is 32.2. The second-order valence-corrected chi connectivity index (χ2v) is 4.15. The van der Waals surface area contributed by atoms with Gasteiger partial charge in [-0.05, 0) is 17.3 Å². The van der Waals surface area contributed by atoms with E-state index >= 15 is 0 Å². The van der Waals surface area contributed by atoms with Crippen LogP contribution in [0.4, 0.5) is 0 Å². The second-order valence-electron chi connectivity index (χ2n) is 2.69. The number of fused-ring (bicyclic) bond motifs is 1. The number of para-hydroxylation sites is 1. The Balaban J connectivity index is 2.50. The van der Waals surface area contributed by atoms with E-state index in [-0.39, 0.29) is 0 Å². The van der Waals surface area contributed by atoms with Crippen LogP contribution in [0.15, 0.2) is 36.3 Å². The second kappa shape index (κ2) is 3.35. The Morgan fingerprint density at radius 3 is 2.87 bits per heavy atom. The Hall–Kier alpha value is -1.89. The van der Waals surface area contributed by atoms with Gasteiger partial charge < -0.3 is 0 Å². The summed E-state index contributed by atoms with van der Waals surface area (Å²) >= 11 is 0. The highest BCUT2D eigenvalue weighted by Gasteiger charge is 2.11. The molecule has 0 unspecified atom stereocenters. The molecule has 0 spiro atoms. The van der Waals surface area contributed by atoms with Crippen molar-refractivity contribution in [1.29, 1.82) is 0 Å². The van der Waals surface area contributed by atoms with Gasteiger partial charge >= 0.3 is 10.1 Å². The van der Waals surface area contributed by atoms with E-state index in [2.05, 4.69) is 21.2 Å². The molecule has 0 aliphatic rings. The Bertz CT molecular complexity index is 602. The first kappa shape index (κ1) is 9.66. The van der Waals surface area contributed by atoms with Crippen molar-refractivity contribution in [3.05, 3.63) is 36.3 Å². The Morgan fingerprint density at radius 2 is 2.13 bits per heavy atom. The van der Waals surface area contributed by atoms with Gasteiger partial charge in [-0.3, -0.25) is 4.28 Å². The van der Waals surface area contributed by atoms with Crippen molar-refractivity contribution in [2.24, 2.45) is 0 Å². The van der Waals surface area contributed by atoms with Crippen LogP contribution in [0.5, 0.6) is 0 Å². The SMILES string of the molecule is C=CS(=O)(=O)On1nnc2ccccc21. The lowest BCUT2D eigenvalue weighted by Gasteiger charge is -2.00. The summed E-state index contributed by atoms with van der Waals surface area (Å²) in [4.78, 5) is 0.840. The normalized spacial score (nSPS) is 11.5. The summed E-state index contributed by atoms with van der Waals surface area (Å²) in [5.74, 6) is 0. The molecule has 6 nitrogen and oxygen atoms in total. The van der Waals surface area contributed by atoms with Crippen LogP contribution in [-0.2, 0) is 10.1 Å². The van der Waals surface area contributed by atoms with Gasteiger partial charge in [-0.25, -0.2) is 0 Å². The third-order valence-corrected chi connectivity index (χ3v) is 2.46. The Morgan fingerprint density at radius 1 is 1.40 bits per heavy atom. The molecule has 15 heavy (non-hydrogen) atoms. The number of nitrogens with zero attached hydrogens (tertiary/aromatic N) is 3. The van der Waals surface area contributed by atoms with Gasteiger partial charge in [0.25, 0.3) is 0 Å². The van der Waals surface area contributed by atoms with Crippen molar-refractivity contribution >= 4 is 21.2 Å². The molecule has 0 fully saturated rings. The molecule has 0 radical (unpaired) electrons. The molecular weight excluding hydrogens is 218 g/mol. The molecule has 0 saturated heterocycles. The molecule has 2 rings (SSSR count). The van der Waals surface area contributed by atoms with E-state index in [1.807, 2.05) is 0 Å². The third-order valence-electron chi connectivity index (χ3n) is 1.70. The summed E-state index contributed by atoms with van der Waals surface area (Å²) in [5, 5.41) is 7.97. The summed E-state index contributed by atoms with van der Waals surface area (Å²) < 4.78 is 26.8. The van der Waals surface area contributed by atoms with Crippen LogP contribution < -0.4 is 4.28 Å². The van der Waals surface area contributed by atoms with Gasteiger partial charge in [-0.15, -0.1) is 5.10 Å². The lowest BCUT2D eigenvalue weighted by molar-refractivity contribution is 0.249. The van der Waals surface area contributed by atoms with Gasteiger partial charge in [0.2, 0.25) is 0 Å². The van der Waals surface area contributed by atoms with Gasteiger partial charge in [-0.1, -0.05) is 23.6 Å². The van der Waals surface area contributed by atoms with Crippen molar-refractivity contribution in [1.82, 2.24) is 15.2 Å². The van der Waals surface area contributed by atoms with Gasteiger partial charge in [0.05, 0.1) is 5.41 Å². The van der Waals surface area contributed by atoms with E-state index in [0.29, 0.717) is 16.4 Å². The lowest BCUT2D eigenvalue weighted by Crippen LogP contribution is -2.18. The molecular formula is C8H7N3O3S. The van der Waals surface area contributed by atoms with Crippen LogP contribution in [0.25, 0.3) is 11.0 Å². The molecule has 0 atom stereocenters. The third kappa shape index (κ3) is 1.82. The topological polar surface area (TPSA) is 74.1 Å². The van der Waals surface area contributed by atoms with Crippen LogP contribution >= 0.6 is 0 Å². The van der Waals surface area contributed by atoms with E-state index in [0.717, 1.165) is 4.85 Å². The zero-order chi connectivity index (χ0) is 10.9. The largest absolute Gasteiger partial charge is 0.350 e. The molecule has 0 bridgehead atoms. The molecule has 0 aliphatic carbocycles. The predicted octanol–water partition coefficient (Wildman–Crippen LogP) is 0.333. The van der Waals surface area contributed by atoms with Crippen molar-refractivity contribution in [2.45, 2.75) is 0 Å².